The summed E-state index contributed by atoms with van der Waals surface area (Å²) in [5.41, 5.74) is 7.21. The number of hydrogen-bond donors (Lipinski definition) is 2. The molecule has 1 saturated heterocycles. The summed E-state index contributed by atoms with van der Waals surface area (Å²) in [4.78, 5) is 29.4. The van der Waals surface area contributed by atoms with Gasteiger partial charge in [-0.2, -0.15) is 0 Å². The highest BCUT2D eigenvalue weighted by atomic mass is 32.1. The van der Waals surface area contributed by atoms with Crippen LogP contribution in [-0.2, 0) is 17.6 Å². The number of rotatable bonds is 5. The fourth-order valence-electron chi connectivity index (χ4n) is 4.08. The lowest BCUT2D eigenvalue weighted by molar-refractivity contribution is -0.117. The van der Waals surface area contributed by atoms with Crippen LogP contribution in [0.1, 0.15) is 57.4 Å². The Morgan fingerprint density at radius 1 is 1.27 bits per heavy atom. The van der Waals surface area contributed by atoms with Crippen molar-refractivity contribution in [2.24, 2.45) is 5.73 Å². The van der Waals surface area contributed by atoms with Crippen LogP contribution < -0.4 is 11.1 Å². The van der Waals surface area contributed by atoms with E-state index in [9.17, 15) is 9.59 Å². The zero-order chi connectivity index (χ0) is 18.1. The Morgan fingerprint density at radius 2 is 2.12 bits per heavy atom. The Kier molecular flexibility index (Phi) is 5.11. The van der Waals surface area contributed by atoms with Crippen molar-refractivity contribution in [3.63, 3.8) is 0 Å². The second-order valence-electron chi connectivity index (χ2n) is 6.97. The predicted octanol–water partition coefficient (Wildman–Crippen LogP) is 3.56. The highest BCUT2D eigenvalue weighted by Crippen LogP contribution is 2.38. The minimum Gasteiger partial charge on any atom is -0.365 e. The maximum Gasteiger partial charge on any atom is 0.251 e. The molecule has 2 aromatic heterocycles. The van der Waals surface area contributed by atoms with Gasteiger partial charge >= 0.3 is 0 Å². The van der Waals surface area contributed by atoms with Gasteiger partial charge in [0.25, 0.3) is 5.91 Å². The molecule has 0 saturated carbocycles. The van der Waals surface area contributed by atoms with Gasteiger partial charge in [0.05, 0.1) is 12.1 Å². The number of fused-ring (bicyclic) bond motifs is 1. The number of nitrogens with zero attached hydrogens (tertiary/aromatic N) is 1. The third kappa shape index (κ3) is 3.43. The Bertz CT molecular complexity index is 813. The topological polar surface area (TPSA) is 75.4 Å². The number of anilines is 1. The van der Waals surface area contributed by atoms with Crippen LogP contribution in [0.4, 0.5) is 5.00 Å². The third-order valence-corrected chi connectivity index (χ3v) is 7.43. The van der Waals surface area contributed by atoms with Gasteiger partial charge in [0, 0.05) is 15.8 Å². The number of nitrogens with one attached hydrogen (secondary N) is 1. The summed E-state index contributed by atoms with van der Waals surface area (Å²) in [5.74, 6) is -0.494. The van der Waals surface area contributed by atoms with Crippen LogP contribution in [0.3, 0.4) is 0 Å². The minimum absolute atomic E-state index is 0.0606. The van der Waals surface area contributed by atoms with Crippen molar-refractivity contribution in [1.82, 2.24) is 4.90 Å². The highest BCUT2D eigenvalue weighted by molar-refractivity contribution is 7.17. The molecule has 0 radical (unpaired) electrons. The lowest BCUT2D eigenvalue weighted by atomic mass is 9.95. The fraction of sp³-hybridized carbons (Fsp3) is 0.474. The van der Waals surface area contributed by atoms with Crippen molar-refractivity contribution in [2.45, 2.75) is 44.6 Å². The molecule has 7 heteroatoms. The monoisotopic (exact) mass is 389 g/mol. The number of carbonyl (C=O) groups excluding carboxylic acids is 2. The summed E-state index contributed by atoms with van der Waals surface area (Å²) in [6.45, 7) is 1.28. The molecule has 2 aromatic rings. The molecular formula is C19H23N3O2S2. The lowest BCUT2D eigenvalue weighted by Crippen LogP contribution is -2.33. The molecule has 26 heavy (non-hydrogen) atoms. The van der Waals surface area contributed by atoms with Crippen LogP contribution in [0, 0.1) is 0 Å². The van der Waals surface area contributed by atoms with Crippen LogP contribution in [0.25, 0.3) is 0 Å². The van der Waals surface area contributed by atoms with Gasteiger partial charge in [-0.3, -0.25) is 14.5 Å². The number of likely N-dealkylation sites (tertiary alicyclic amines) is 1. The Hall–Kier alpha value is -1.70. The second-order valence-corrected chi connectivity index (χ2v) is 9.06. The van der Waals surface area contributed by atoms with Gasteiger partial charge in [-0.1, -0.05) is 6.07 Å². The quantitative estimate of drug-likeness (QED) is 0.821. The normalized spacial score (nSPS) is 20.1. The molecule has 0 bridgehead atoms. The average Bonchev–Trinajstić information content (AvgIpc) is 3.33. The van der Waals surface area contributed by atoms with Gasteiger partial charge in [-0.25, -0.2) is 0 Å². The minimum atomic E-state index is -0.433. The zero-order valence-electron chi connectivity index (χ0n) is 14.6. The molecule has 4 rings (SSSR count). The standard InChI is InChI=1S/C19H23N3O2S2/c20-18(24)17-12-5-1-2-7-14(12)26-19(17)21-16(23)11-22-9-3-6-13(22)15-8-4-10-25-15/h4,8,10,13H,1-3,5-7,9,11H2,(H2,20,24)(H,21,23)/t13-/m0/s1. The van der Waals surface area contributed by atoms with Crippen LogP contribution >= 0.6 is 22.7 Å². The number of thiophene rings is 2. The Labute approximate surface area is 161 Å². The molecule has 5 nitrogen and oxygen atoms in total. The molecule has 0 spiro atoms. The first-order valence-corrected chi connectivity index (χ1v) is 10.8. The molecule has 138 valence electrons. The summed E-state index contributed by atoms with van der Waals surface area (Å²) in [5, 5.41) is 5.71. The number of hydrogen-bond acceptors (Lipinski definition) is 5. The van der Waals surface area contributed by atoms with Gasteiger partial charge in [-0.15, -0.1) is 22.7 Å². The Morgan fingerprint density at radius 3 is 2.88 bits per heavy atom. The van der Waals surface area contributed by atoms with Gasteiger partial charge in [0.1, 0.15) is 5.00 Å². The van der Waals surface area contributed by atoms with E-state index in [1.54, 1.807) is 11.3 Å². The molecule has 1 aliphatic heterocycles. The van der Waals surface area contributed by atoms with Crippen molar-refractivity contribution >= 4 is 39.5 Å². The molecule has 2 aliphatic rings. The number of carbonyl (C=O) groups is 2. The highest BCUT2D eigenvalue weighted by Gasteiger charge is 2.29. The number of nitrogens with two attached hydrogens (primary N) is 1. The van der Waals surface area contributed by atoms with Crippen molar-refractivity contribution in [1.29, 1.82) is 0 Å². The molecular weight excluding hydrogens is 366 g/mol. The van der Waals surface area contributed by atoms with E-state index < -0.39 is 5.91 Å². The van der Waals surface area contributed by atoms with Gasteiger partial charge < -0.3 is 11.1 Å². The molecule has 3 heterocycles. The zero-order valence-corrected chi connectivity index (χ0v) is 16.3. The molecule has 3 N–H and O–H groups in total. The summed E-state index contributed by atoms with van der Waals surface area (Å²) in [6.07, 6.45) is 6.27. The molecule has 2 amide bonds. The third-order valence-electron chi connectivity index (χ3n) is 5.25. The van der Waals surface area contributed by atoms with Gasteiger partial charge in [-0.05, 0) is 62.1 Å². The number of amides is 2. The first kappa shape index (κ1) is 17.7. The Balaban J connectivity index is 1.48. The van der Waals surface area contributed by atoms with Crippen LogP contribution in [0.15, 0.2) is 17.5 Å². The maximum absolute atomic E-state index is 12.7. The smallest absolute Gasteiger partial charge is 0.251 e. The van der Waals surface area contributed by atoms with E-state index >= 15 is 0 Å². The molecule has 0 aromatic carbocycles. The molecule has 1 fully saturated rings. The first-order valence-electron chi connectivity index (χ1n) is 9.15. The predicted molar refractivity (Wildman–Crippen MR) is 106 cm³/mol. The lowest BCUT2D eigenvalue weighted by Gasteiger charge is -2.22. The van der Waals surface area contributed by atoms with E-state index in [2.05, 4.69) is 27.7 Å². The van der Waals surface area contributed by atoms with Crippen LogP contribution in [0.2, 0.25) is 0 Å². The largest absolute Gasteiger partial charge is 0.365 e. The van der Waals surface area contributed by atoms with E-state index in [1.807, 2.05) is 0 Å². The van der Waals surface area contributed by atoms with Gasteiger partial charge in [0.2, 0.25) is 5.91 Å². The molecule has 1 atom stereocenters. The van der Waals surface area contributed by atoms with E-state index in [4.69, 9.17) is 5.73 Å². The van der Waals surface area contributed by atoms with Crippen molar-refractivity contribution in [3.8, 4) is 0 Å². The second kappa shape index (κ2) is 7.50. The molecule has 1 aliphatic carbocycles. The van der Waals surface area contributed by atoms with Crippen molar-refractivity contribution < 1.29 is 9.59 Å². The summed E-state index contributed by atoms with van der Waals surface area (Å²) in [6, 6.07) is 4.53. The first-order chi connectivity index (χ1) is 12.6. The van der Waals surface area contributed by atoms with Crippen LogP contribution in [0.5, 0.6) is 0 Å². The number of aryl methyl sites for hydroxylation is 1. The van der Waals surface area contributed by atoms with Gasteiger partial charge in [0.15, 0.2) is 0 Å². The maximum atomic E-state index is 12.7. The SMILES string of the molecule is NC(=O)c1c(NC(=O)CN2CCC[C@H]2c2cccs2)sc2c1CCCC2. The summed E-state index contributed by atoms with van der Waals surface area (Å²) < 4.78 is 0. The average molecular weight is 390 g/mol. The summed E-state index contributed by atoms with van der Waals surface area (Å²) >= 11 is 3.27. The van der Waals surface area contributed by atoms with Crippen molar-refractivity contribution in [2.75, 3.05) is 18.4 Å². The van der Waals surface area contributed by atoms with E-state index in [-0.39, 0.29) is 5.91 Å². The number of primary amides is 1. The van der Waals surface area contributed by atoms with E-state index in [1.165, 1.54) is 21.1 Å². The van der Waals surface area contributed by atoms with E-state index in [0.717, 1.165) is 50.6 Å². The summed E-state index contributed by atoms with van der Waals surface area (Å²) in [7, 11) is 0. The molecule has 0 unspecified atom stereocenters. The van der Waals surface area contributed by atoms with E-state index in [0.29, 0.717) is 23.2 Å². The fourth-order valence-corrected chi connectivity index (χ4v) is 6.29. The van der Waals surface area contributed by atoms with Crippen molar-refractivity contribution in [3.05, 3.63) is 38.4 Å². The van der Waals surface area contributed by atoms with Crippen LogP contribution in [-0.4, -0.2) is 29.8 Å².